The van der Waals surface area contributed by atoms with Gasteiger partial charge in [0, 0.05) is 19.2 Å². The fourth-order valence-electron chi connectivity index (χ4n) is 2.91. The molecule has 0 radical (unpaired) electrons. The molecule has 0 aliphatic carbocycles. The molecule has 0 unspecified atom stereocenters. The fourth-order valence-corrected chi connectivity index (χ4v) is 2.91. The number of aliphatic imine (C=N–C) groups is 1. The van der Waals surface area contributed by atoms with Crippen molar-refractivity contribution in [3.8, 4) is 17.1 Å². The highest BCUT2D eigenvalue weighted by Crippen LogP contribution is 2.17. The Morgan fingerprint density at radius 1 is 1.20 bits per heavy atom. The van der Waals surface area contributed by atoms with Crippen molar-refractivity contribution in [3.05, 3.63) is 66.0 Å². The van der Waals surface area contributed by atoms with E-state index in [1.54, 1.807) is 0 Å². The van der Waals surface area contributed by atoms with Crippen LogP contribution in [0, 0.1) is 6.92 Å². The van der Waals surface area contributed by atoms with E-state index < -0.39 is 0 Å². The molecule has 2 aromatic carbocycles. The average Bonchev–Trinajstić information content (AvgIpc) is 3.27. The first-order valence-electron chi connectivity index (χ1n) is 9.80. The second-order valence-electron chi connectivity index (χ2n) is 6.74. The maximum Gasteiger partial charge on any atom is 0.194 e. The number of guanidine groups is 1. The quantitative estimate of drug-likeness (QED) is 0.268. The van der Waals surface area contributed by atoms with E-state index in [1.165, 1.54) is 6.33 Å². The minimum atomic E-state index is 0. The number of para-hydroxylation sites is 1. The predicted molar refractivity (Wildman–Crippen MR) is 131 cm³/mol. The van der Waals surface area contributed by atoms with E-state index in [2.05, 4.69) is 57.4 Å². The number of hydrogen-bond donors (Lipinski definition) is 2. The Labute approximate surface area is 195 Å². The zero-order valence-electron chi connectivity index (χ0n) is 17.6. The summed E-state index contributed by atoms with van der Waals surface area (Å²) >= 11 is 0. The third kappa shape index (κ3) is 6.72. The molecule has 1 aromatic heterocycles. The smallest absolute Gasteiger partial charge is 0.194 e. The van der Waals surface area contributed by atoms with Gasteiger partial charge >= 0.3 is 0 Å². The number of rotatable bonds is 8. The van der Waals surface area contributed by atoms with E-state index in [1.807, 2.05) is 37.4 Å². The largest absolute Gasteiger partial charge is 0.491 e. The summed E-state index contributed by atoms with van der Waals surface area (Å²) in [6, 6.07) is 16.2. The summed E-state index contributed by atoms with van der Waals surface area (Å²) in [6.07, 6.45) is 1.51. The number of likely N-dealkylation sites (N-methyl/N-ethyl adjacent to an activating group) is 1. The monoisotopic (exact) mass is 520 g/mol. The first-order valence-corrected chi connectivity index (χ1v) is 9.80. The molecule has 0 aliphatic heterocycles. The van der Waals surface area contributed by atoms with E-state index in [-0.39, 0.29) is 24.0 Å². The van der Waals surface area contributed by atoms with Gasteiger partial charge in [-0.3, -0.25) is 5.10 Å². The highest BCUT2D eigenvalue weighted by atomic mass is 127. The number of hydrogen-bond acceptors (Lipinski definition) is 4. The van der Waals surface area contributed by atoms with Crippen LogP contribution in [0.3, 0.4) is 0 Å². The third-order valence-electron chi connectivity index (χ3n) is 4.50. The van der Waals surface area contributed by atoms with Gasteiger partial charge in [-0.25, -0.2) is 9.98 Å². The molecule has 0 fully saturated rings. The van der Waals surface area contributed by atoms with Crippen LogP contribution in [-0.4, -0.2) is 52.8 Å². The molecule has 0 bridgehead atoms. The lowest BCUT2D eigenvalue weighted by atomic mass is 10.1. The number of aromatic nitrogens is 3. The molecule has 3 rings (SSSR count). The normalized spacial score (nSPS) is 11.0. The topological polar surface area (TPSA) is 78.4 Å². The zero-order chi connectivity index (χ0) is 20.5. The Hall–Kier alpha value is -2.62. The first-order chi connectivity index (χ1) is 14.2. The summed E-state index contributed by atoms with van der Waals surface area (Å²) in [5.41, 5.74) is 3.25. The van der Waals surface area contributed by atoms with Crippen molar-refractivity contribution >= 4 is 29.9 Å². The SMILES string of the molecule is CCNC(=NCc1cccc(-c2ncn[nH]2)c1)N(C)CCOc1ccccc1C.I. The molecule has 1 heterocycles. The van der Waals surface area contributed by atoms with E-state index in [0.29, 0.717) is 13.2 Å². The van der Waals surface area contributed by atoms with Gasteiger partial charge in [-0.15, -0.1) is 24.0 Å². The number of benzene rings is 2. The lowest BCUT2D eigenvalue weighted by Crippen LogP contribution is -2.40. The van der Waals surface area contributed by atoms with Crippen molar-refractivity contribution in [2.24, 2.45) is 4.99 Å². The highest BCUT2D eigenvalue weighted by molar-refractivity contribution is 14.0. The predicted octanol–water partition coefficient (Wildman–Crippen LogP) is 3.87. The van der Waals surface area contributed by atoms with Gasteiger partial charge in [-0.1, -0.05) is 36.4 Å². The Morgan fingerprint density at radius 2 is 2.03 bits per heavy atom. The summed E-state index contributed by atoms with van der Waals surface area (Å²) in [4.78, 5) is 11.1. The number of nitrogens with one attached hydrogen (secondary N) is 2. The fraction of sp³-hybridized carbons (Fsp3) is 0.318. The van der Waals surface area contributed by atoms with E-state index in [0.717, 1.165) is 47.3 Å². The van der Waals surface area contributed by atoms with Crippen molar-refractivity contribution in [3.63, 3.8) is 0 Å². The van der Waals surface area contributed by atoms with Crippen LogP contribution in [0.15, 0.2) is 59.9 Å². The number of halogens is 1. The number of aromatic amines is 1. The van der Waals surface area contributed by atoms with Crippen LogP contribution in [0.1, 0.15) is 18.1 Å². The van der Waals surface area contributed by atoms with Gasteiger partial charge in [0.2, 0.25) is 0 Å². The van der Waals surface area contributed by atoms with Gasteiger partial charge < -0.3 is 15.0 Å². The molecule has 3 aromatic rings. The van der Waals surface area contributed by atoms with Crippen molar-refractivity contribution in [1.29, 1.82) is 0 Å². The molecule has 2 N–H and O–H groups in total. The molecule has 30 heavy (non-hydrogen) atoms. The second kappa shape index (κ2) is 12.2. The van der Waals surface area contributed by atoms with Crippen LogP contribution in [-0.2, 0) is 6.54 Å². The summed E-state index contributed by atoms with van der Waals surface area (Å²) in [7, 11) is 2.02. The molecular formula is C22H29IN6O. The average molecular weight is 520 g/mol. The summed E-state index contributed by atoms with van der Waals surface area (Å²) < 4.78 is 5.91. The molecule has 0 spiro atoms. The summed E-state index contributed by atoms with van der Waals surface area (Å²) in [5.74, 6) is 2.53. The van der Waals surface area contributed by atoms with Gasteiger partial charge in [0.1, 0.15) is 18.7 Å². The van der Waals surface area contributed by atoms with Crippen molar-refractivity contribution in [1.82, 2.24) is 25.4 Å². The van der Waals surface area contributed by atoms with Crippen LogP contribution in [0.5, 0.6) is 5.75 Å². The van der Waals surface area contributed by atoms with Crippen molar-refractivity contribution in [2.45, 2.75) is 20.4 Å². The van der Waals surface area contributed by atoms with Gasteiger partial charge in [-0.05, 0) is 37.1 Å². The molecule has 8 heteroatoms. The van der Waals surface area contributed by atoms with Gasteiger partial charge in [0.05, 0.1) is 13.1 Å². The van der Waals surface area contributed by atoms with Crippen LogP contribution in [0.25, 0.3) is 11.4 Å². The van der Waals surface area contributed by atoms with Crippen molar-refractivity contribution in [2.75, 3.05) is 26.7 Å². The maximum atomic E-state index is 5.91. The van der Waals surface area contributed by atoms with E-state index >= 15 is 0 Å². The first kappa shape index (κ1) is 23.7. The van der Waals surface area contributed by atoms with Crippen molar-refractivity contribution < 1.29 is 4.74 Å². The molecule has 0 saturated heterocycles. The number of ether oxygens (including phenoxy) is 1. The summed E-state index contributed by atoms with van der Waals surface area (Å²) in [6.45, 7) is 6.83. The van der Waals surface area contributed by atoms with Gasteiger partial charge in [-0.2, -0.15) is 5.10 Å². The van der Waals surface area contributed by atoms with Crippen LogP contribution in [0.4, 0.5) is 0 Å². The molecule has 0 aliphatic rings. The number of nitrogens with zero attached hydrogens (tertiary/aromatic N) is 4. The minimum absolute atomic E-state index is 0. The highest BCUT2D eigenvalue weighted by Gasteiger charge is 2.07. The van der Waals surface area contributed by atoms with Gasteiger partial charge in [0.25, 0.3) is 0 Å². The molecule has 7 nitrogen and oxygen atoms in total. The van der Waals surface area contributed by atoms with Crippen LogP contribution >= 0.6 is 24.0 Å². The maximum absolute atomic E-state index is 5.91. The third-order valence-corrected chi connectivity index (χ3v) is 4.50. The van der Waals surface area contributed by atoms with Crippen LogP contribution < -0.4 is 10.1 Å². The number of H-pyrrole nitrogens is 1. The second-order valence-corrected chi connectivity index (χ2v) is 6.74. The van der Waals surface area contributed by atoms with E-state index in [4.69, 9.17) is 9.73 Å². The number of aryl methyl sites for hydroxylation is 1. The lowest BCUT2D eigenvalue weighted by Gasteiger charge is -2.22. The minimum Gasteiger partial charge on any atom is -0.491 e. The molecule has 0 atom stereocenters. The Morgan fingerprint density at radius 3 is 2.77 bits per heavy atom. The standard InChI is InChI=1S/C22H28N6O.HI/c1-4-23-22(28(3)12-13-29-20-11-6-5-8-17(20)2)24-15-18-9-7-10-19(14-18)21-25-16-26-27-21;/h5-11,14,16H,4,12-13,15H2,1-3H3,(H,23,24)(H,25,26,27);1H. The molecule has 0 amide bonds. The Balaban J connectivity index is 0.00000320. The molecular weight excluding hydrogens is 491 g/mol. The Kier molecular flexibility index (Phi) is 9.59. The van der Waals surface area contributed by atoms with E-state index in [9.17, 15) is 0 Å². The zero-order valence-corrected chi connectivity index (χ0v) is 20.0. The van der Waals surface area contributed by atoms with Gasteiger partial charge in [0.15, 0.2) is 11.8 Å². The van der Waals surface area contributed by atoms with Crippen LogP contribution in [0.2, 0.25) is 0 Å². The lowest BCUT2D eigenvalue weighted by molar-refractivity contribution is 0.280. The summed E-state index contributed by atoms with van der Waals surface area (Å²) in [5, 5.41) is 10.2. The molecule has 0 saturated carbocycles. The Bertz CT molecular complexity index is 929. The molecule has 160 valence electrons.